The molecule has 0 amide bonds. The van der Waals surface area contributed by atoms with Gasteiger partial charge in [0.05, 0.1) is 6.61 Å². The maximum absolute atomic E-state index is 11.6. The van der Waals surface area contributed by atoms with Crippen LogP contribution in [0.15, 0.2) is 60.7 Å². The summed E-state index contributed by atoms with van der Waals surface area (Å²) in [6.45, 7) is 6.85. The Kier molecular flexibility index (Phi) is 4.46. The Bertz CT molecular complexity index is 489. The Labute approximate surface area is 123 Å². The zero-order valence-corrected chi connectivity index (χ0v) is 13.6. The molecule has 0 aromatic heterocycles. The Balaban J connectivity index is 2.70. The Morgan fingerprint density at radius 2 is 1.20 bits per heavy atom. The zero-order valence-electron chi connectivity index (χ0n) is 12.6. The van der Waals surface area contributed by atoms with Crippen molar-refractivity contribution in [1.29, 1.82) is 0 Å². The second kappa shape index (κ2) is 5.94. The molecule has 2 heteroatoms. The van der Waals surface area contributed by atoms with Crippen molar-refractivity contribution in [2.75, 3.05) is 6.61 Å². The third-order valence-electron chi connectivity index (χ3n) is 4.29. The van der Waals surface area contributed by atoms with Gasteiger partial charge in [-0.15, -0.1) is 0 Å². The molecule has 105 valence electrons. The first kappa shape index (κ1) is 15.0. The summed E-state index contributed by atoms with van der Waals surface area (Å²) < 4.78 is 0. The highest BCUT2D eigenvalue weighted by Crippen LogP contribution is 2.38. The molecule has 0 spiro atoms. The van der Waals surface area contributed by atoms with Gasteiger partial charge >= 0.3 is 0 Å². The monoisotopic (exact) mass is 283 g/mol. The summed E-state index contributed by atoms with van der Waals surface area (Å²) in [5, 5.41) is 14.4. The van der Waals surface area contributed by atoms with Crippen LogP contribution >= 0.6 is 0 Å². The number of hydrogen-bond donors (Lipinski definition) is 0. The second-order valence-electron chi connectivity index (χ2n) is 6.34. The summed E-state index contributed by atoms with van der Waals surface area (Å²) >= 11 is 0. The lowest BCUT2D eigenvalue weighted by Gasteiger charge is -2.43. The van der Waals surface area contributed by atoms with Crippen molar-refractivity contribution in [3.8, 4) is 0 Å². The molecule has 2 rings (SSSR count). The largest absolute Gasteiger partial charge is 0.237 e. The number of hydrogen-bond acceptors (Lipinski definition) is 0. The minimum absolute atomic E-state index is 0.00667. The fourth-order valence-electron chi connectivity index (χ4n) is 3.29. The molecule has 0 N–H and O–H groups in total. The van der Waals surface area contributed by atoms with Gasteiger partial charge in [0.1, 0.15) is 8.07 Å². The Hall–Kier alpha value is -1.38. The van der Waals surface area contributed by atoms with Gasteiger partial charge in [-0.05, 0) is 11.1 Å². The van der Waals surface area contributed by atoms with Crippen molar-refractivity contribution in [2.24, 2.45) is 0 Å². The van der Waals surface area contributed by atoms with Gasteiger partial charge in [-0.2, -0.15) is 0 Å². The summed E-state index contributed by atoms with van der Waals surface area (Å²) in [5.41, 5.74) is 0. The average molecular weight is 283 g/mol. The van der Waals surface area contributed by atoms with Gasteiger partial charge in [-0.25, -0.2) is 5.11 Å². The van der Waals surface area contributed by atoms with Crippen LogP contribution in [0.1, 0.15) is 20.8 Å². The smallest absolute Gasteiger partial charge is 0.125 e. The van der Waals surface area contributed by atoms with E-state index in [1.165, 1.54) is 10.4 Å². The van der Waals surface area contributed by atoms with Crippen molar-refractivity contribution in [3.05, 3.63) is 60.7 Å². The van der Waals surface area contributed by atoms with E-state index in [0.717, 1.165) is 6.04 Å². The lowest BCUT2D eigenvalue weighted by atomic mass is 10.2. The van der Waals surface area contributed by atoms with Gasteiger partial charge in [-0.3, -0.25) is 0 Å². The third kappa shape index (κ3) is 2.58. The first-order chi connectivity index (χ1) is 9.52. The lowest BCUT2D eigenvalue weighted by Crippen LogP contribution is -2.64. The van der Waals surface area contributed by atoms with Crippen LogP contribution in [0.25, 0.3) is 0 Å². The van der Waals surface area contributed by atoms with E-state index in [0.29, 0.717) is 0 Å². The van der Waals surface area contributed by atoms with Crippen LogP contribution in [0.5, 0.6) is 0 Å². The minimum atomic E-state index is -2.06. The standard InChI is InChI=1S/C18H23OSi/c1-18(2,3)20(15-14-19,16-10-6-4-7-11-16)17-12-8-5-9-13-17/h4-13H,14-15H2,1-3H3. The Morgan fingerprint density at radius 1 is 0.800 bits per heavy atom. The molecular formula is C18H23OSi. The van der Waals surface area contributed by atoms with Gasteiger partial charge in [0.2, 0.25) is 0 Å². The van der Waals surface area contributed by atoms with Crippen LogP contribution in [0.3, 0.4) is 0 Å². The predicted molar refractivity (Wildman–Crippen MR) is 88.0 cm³/mol. The van der Waals surface area contributed by atoms with Crippen molar-refractivity contribution in [3.63, 3.8) is 0 Å². The maximum atomic E-state index is 11.6. The third-order valence-corrected chi connectivity index (χ3v) is 10.4. The predicted octanol–water partition coefficient (Wildman–Crippen LogP) is 3.48. The van der Waals surface area contributed by atoms with Gasteiger partial charge in [0.15, 0.2) is 0 Å². The molecule has 2 aromatic rings. The van der Waals surface area contributed by atoms with Crippen LogP contribution in [0, 0.1) is 0 Å². The van der Waals surface area contributed by atoms with E-state index in [9.17, 15) is 5.11 Å². The quantitative estimate of drug-likeness (QED) is 0.766. The summed E-state index contributed by atoms with van der Waals surface area (Å²) in [6, 6.07) is 22.1. The van der Waals surface area contributed by atoms with Crippen LogP contribution in [0.4, 0.5) is 0 Å². The summed E-state index contributed by atoms with van der Waals surface area (Å²) in [7, 11) is -2.06. The molecule has 0 aliphatic rings. The molecule has 0 atom stereocenters. The molecular weight excluding hydrogens is 260 g/mol. The highest BCUT2D eigenvalue weighted by atomic mass is 28.3. The highest BCUT2D eigenvalue weighted by Gasteiger charge is 2.46. The molecule has 0 aliphatic heterocycles. The van der Waals surface area contributed by atoms with Gasteiger partial charge < -0.3 is 0 Å². The molecule has 0 heterocycles. The minimum Gasteiger partial charge on any atom is -0.237 e. The van der Waals surface area contributed by atoms with Gasteiger partial charge in [-0.1, -0.05) is 91.8 Å². The molecule has 0 bridgehead atoms. The van der Waals surface area contributed by atoms with Crippen LogP contribution in [-0.4, -0.2) is 14.7 Å². The molecule has 0 aliphatic carbocycles. The summed E-state index contributed by atoms with van der Waals surface area (Å²) in [4.78, 5) is 0. The van der Waals surface area contributed by atoms with Crippen molar-refractivity contribution >= 4 is 18.4 Å². The first-order valence-electron chi connectivity index (χ1n) is 7.21. The normalized spacial score (nSPS) is 12.4. The van der Waals surface area contributed by atoms with Crippen LogP contribution in [0.2, 0.25) is 11.1 Å². The molecule has 0 fully saturated rings. The zero-order chi connectivity index (χ0) is 14.6. The van der Waals surface area contributed by atoms with E-state index < -0.39 is 8.07 Å². The molecule has 1 radical (unpaired) electrons. The molecule has 1 nitrogen and oxygen atoms in total. The second-order valence-corrected chi connectivity index (χ2v) is 11.3. The van der Waals surface area contributed by atoms with E-state index >= 15 is 0 Å². The summed E-state index contributed by atoms with van der Waals surface area (Å²) in [6.07, 6.45) is 0. The van der Waals surface area contributed by atoms with Gasteiger partial charge in [0.25, 0.3) is 0 Å². The summed E-state index contributed by atoms with van der Waals surface area (Å²) in [5.74, 6) is 0. The molecule has 2 aromatic carbocycles. The fraction of sp³-hybridized carbons (Fsp3) is 0.333. The SMILES string of the molecule is CC(C)(C)[Si](CC[O])(c1ccccc1)c1ccccc1. The topological polar surface area (TPSA) is 19.9 Å². The van der Waals surface area contributed by atoms with Crippen LogP contribution < -0.4 is 10.4 Å². The van der Waals surface area contributed by atoms with E-state index in [-0.39, 0.29) is 11.6 Å². The molecule has 20 heavy (non-hydrogen) atoms. The highest BCUT2D eigenvalue weighted by molar-refractivity contribution is 7.04. The first-order valence-corrected chi connectivity index (χ1v) is 9.42. The van der Waals surface area contributed by atoms with Crippen molar-refractivity contribution in [2.45, 2.75) is 31.9 Å². The Morgan fingerprint density at radius 3 is 1.50 bits per heavy atom. The van der Waals surface area contributed by atoms with E-state index in [2.05, 4.69) is 69.3 Å². The number of benzene rings is 2. The van der Waals surface area contributed by atoms with Gasteiger partial charge in [0, 0.05) is 0 Å². The van der Waals surface area contributed by atoms with E-state index in [4.69, 9.17) is 0 Å². The van der Waals surface area contributed by atoms with E-state index in [1.54, 1.807) is 0 Å². The molecule has 0 unspecified atom stereocenters. The van der Waals surface area contributed by atoms with E-state index in [1.807, 2.05) is 12.1 Å². The number of rotatable bonds is 4. The van der Waals surface area contributed by atoms with Crippen molar-refractivity contribution in [1.82, 2.24) is 0 Å². The van der Waals surface area contributed by atoms with Crippen LogP contribution in [-0.2, 0) is 5.11 Å². The lowest BCUT2D eigenvalue weighted by molar-refractivity contribution is 0.210. The average Bonchev–Trinajstić information content (AvgIpc) is 2.45. The molecule has 0 saturated carbocycles. The van der Waals surface area contributed by atoms with Crippen molar-refractivity contribution < 1.29 is 5.11 Å². The fourth-order valence-corrected chi connectivity index (χ4v) is 8.52. The maximum Gasteiger partial charge on any atom is 0.125 e. The molecule has 0 saturated heterocycles.